The van der Waals surface area contributed by atoms with Crippen LogP contribution in [0.5, 0.6) is 0 Å². The number of amides is 4. The van der Waals surface area contributed by atoms with Gasteiger partial charge in [0.1, 0.15) is 0 Å². The van der Waals surface area contributed by atoms with Crippen LogP contribution >= 0.6 is 11.8 Å². The molecule has 4 amide bonds. The lowest BCUT2D eigenvalue weighted by molar-refractivity contribution is -0.118. The predicted molar refractivity (Wildman–Crippen MR) is 71.3 cm³/mol. The molecule has 0 bridgehead atoms. The molecular weight excluding hydrogens is 282 g/mol. The molecule has 0 aliphatic carbocycles. The summed E-state index contributed by atoms with van der Waals surface area (Å²) in [5, 5.41) is 1.47. The Morgan fingerprint density at radius 1 is 1.10 bits per heavy atom. The third-order valence-corrected chi connectivity index (χ3v) is 3.05. The Morgan fingerprint density at radius 2 is 1.80 bits per heavy atom. The van der Waals surface area contributed by atoms with Crippen LogP contribution in [0.2, 0.25) is 0 Å². The normalized spacial score (nSPS) is 15.9. The van der Waals surface area contributed by atoms with Crippen LogP contribution in [0.25, 0.3) is 0 Å². The number of thioether (sulfide) groups is 1. The van der Waals surface area contributed by atoms with Crippen LogP contribution in [-0.4, -0.2) is 23.0 Å². The van der Waals surface area contributed by atoms with Crippen LogP contribution in [0, 0.1) is 0 Å². The van der Waals surface area contributed by atoms with E-state index in [0.717, 1.165) is 6.08 Å². The Kier molecular flexibility index (Phi) is 4.16. The third-order valence-electron chi connectivity index (χ3n) is 2.24. The number of hydrogen-bond donors (Lipinski definition) is 3. The molecule has 1 aromatic carbocycles. The summed E-state index contributed by atoms with van der Waals surface area (Å²) in [6, 6.07) is 8.29. The van der Waals surface area contributed by atoms with Gasteiger partial charge in [-0.15, -0.1) is 0 Å². The van der Waals surface area contributed by atoms with Gasteiger partial charge in [0.15, 0.2) is 0 Å². The minimum Gasteiger partial charge on any atom is -0.282 e. The maximum absolute atomic E-state index is 11.6. The van der Waals surface area contributed by atoms with Crippen molar-refractivity contribution in [2.75, 3.05) is 0 Å². The topological polar surface area (TPSA) is 104 Å². The van der Waals surface area contributed by atoms with Gasteiger partial charge in [-0.1, -0.05) is 18.2 Å². The van der Waals surface area contributed by atoms with E-state index >= 15 is 0 Å². The quantitative estimate of drug-likeness (QED) is 0.537. The number of carbonyl (C=O) groups excluding carboxylic acids is 4. The van der Waals surface area contributed by atoms with Crippen molar-refractivity contribution in [2.45, 2.75) is 0 Å². The van der Waals surface area contributed by atoms with Crippen molar-refractivity contribution in [3.63, 3.8) is 0 Å². The first-order chi connectivity index (χ1) is 9.56. The monoisotopic (exact) mass is 291 g/mol. The van der Waals surface area contributed by atoms with E-state index in [1.807, 2.05) is 5.32 Å². The van der Waals surface area contributed by atoms with Crippen LogP contribution in [-0.2, 0) is 9.59 Å². The summed E-state index contributed by atoms with van der Waals surface area (Å²) in [5.41, 5.74) is 4.69. The van der Waals surface area contributed by atoms with Gasteiger partial charge in [0, 0.05) is 11.6 Å². The molecule has 1 heterocycles. The standard InChI is InChI=1S/C12H9N3O4S/c16-9(6-8-11(18)13-12(19)20-8)14-15-10(17)7-4-2-1-3-5-7/h1-6H,(H,14,16)(H,15,17)(H,13,18,19)/b8-6+. The van der Waals surface area contributed by atoms with E-state index < -0.39 is 23.0 Å². The fourth-order valence-corrected chi connectivity index (χ4v) is 2.01. The number of hydrogen-bond acceptors (Lipinski definition) is 5. The lowest BCUT2D eigenvalue weighted by Crippen LogP contribution is -2.41. The highest BCUT2D eigenvalue weighted by Gasteiger charge is 2.25. The number of benzene rings is 1. The number of rotatable bonds is 2. The molecule has 0 unspecified atom stereocenters. The Labute approximate surface area is 117 Å². The molecule has 1 aliphatic rings. The van der Waals surface area contributed by atoms with Gasteiger partial charge in [-0.2, -0.15) is 0 Å². The summed E-state index contributed by atoms with van der Waals surface area (Å²) in [4.78, 5) is 45.1. The molecule has 1 aromatic rings. The third kappa shape index (κ3) is 3.45. The molecule has 1 aliphatic heterocycles. The molecule has 20 heavy (non-hydrogen) atoms. The molecular formula is C12H9N3O4S. The maximum Gasteiger partial charge on any atom is 0.290 e. The molecule has 0 radical (unpaired) electrons. The molecule has 2 rings (SSSR count). The molecule has 102 valence electrons. The molecule has 3 N–H and O–H groups in total. The predicted octanol–water partition coefficient (Wildman–Crippen LogP) is 0.314. The van der Waals surface area contributed by atoms with Gasteiger partial charge in [-0.3, -0.25) is 35.3 Å². The summed E-state index contributed by atoms with van der Waals surface area (Å²) in [6.07, 6.45) is 0.941. The molecule has 0 spiro atoms. The number of hydrazine groups is 1. The number of imide groups is 1. The van der Waals surface area contributed by atoms with E-state index in [-0.39, 0.29) is 4.91 Å². The van der Waals surface area contributed by atoms with Crippen LogP contribution in [0.4, 0.5) is 4.79 Å². The van der Waals surface area contributed by atoms with Crippen LogP contribution in [0.15, 0.2) is 41.3 Å². The van der Waals surface area contributed by atoms with Crippen molar-refractivity contribution < 1.29 is 19.2 Å². The van der Waals surface area contributed by atoms with Crippen molar-refractivity contribution in [1.29, 1.82) is 0 Å². The van der Waals surface area contributed by atoms with Crippen molar-refractivity contribution in [1.82, 2.24) is 16.2 Å². The van der Waals surface area contributed by atoms with Gasteiger partial charge in [-0.05, 0) is 23.9 Å². The van der Waals surface area contributed by atoms with Crippen molar-refractivity contribution in [2.24, 2.45) is 0 Å². The zero-order valence-electron chi connectivity index (χ0n) is 10.0. The van der Waals surface area contributed by atoms with Crippen LogP contribution in [0.1, 0.15) is 10.4 Å². The molecule has 8 heteroatoms. The van der Waals surface area contributed by atoms with Gasteiger partial charge in [0.25, 0.3) is 23.0 Å². The Hall–Kier alpha value is -2.61. The number of carbonyl (C=O) groups is 4. The first-order valence-corrected chi connectivity index (χ1v) is 6.28. The molecule has 7 nitrogen and oxygen atoms in total. The van der Waals surface area contributed by atoms with Crippen LogP contribution in [0.3, 0.4) is 0 Å². The lowest BCUT2D eigenvalue weighted by atomic mass is 10.2. The van der Waals surface area contributed by atoms with Crippen molar-refractivity contribution in [3.05, 3.63) is 46.9 Å². The average Bonchev–Trinajstić information content (AvgIpc) is 2.75. The van der Waals surface area contributed by atoms with E-state index in [1.165, 1.54) is 0 Å². The summed E-state index contributed by atoms with van der Waals surface area (Å²) >= 11 is 0.621. The first kappa shape index (κ1) is 13.8. The summed E-state index contributed by atoms with van der Waals surface area (Å²) in [5.74, 6) is -1.83. The van der Waals surface area contributed by atoms with Gasteiger partial charge in [0.05, 0.1) is 4.91 Å². The van der Waals surface area contributed by atoms with E-state index in [1.54, 1.807) is 30.3 Å². The molecule has 1 fully saturated rings. The minimum absolute atomic E-state index is 0.0264. The number of nitrogens with one attached hydrogen (secondary N) is 3. The van der Waals surface area contributed by atoms with E-state index in [2.05, 4.69) is 10.9 Å². The lowest BCUT2D eigenvalue weighted by Gasteiger charge is -2.04. The van der Waals surface area contributed by atoms with Crippen molar-refractivity contribution in [3.8, 4) is 0 Å². The Balaban J connectivity index is 1.90. The van der Waals surface area contributed by atoms with Gasteiger partial charge < -0.3 is 0 Å². The molecule has 0 atom stereocenters. The SMILES string of the molecule is O=C(/C=C1/SC(=O)NC1=O)NNC(=O)c1ccccc1. The second-order valence-electron chi connectivity index (χ2n) is 3.66. The zero-order valence-corrected chi connectivity index (χ0v) is 10.8. The smallest absolute Gasteiger partial charge is 0.282 e. The summed E-state index contributed by atoms with van der Waals surface area (Å²) < 4.78 is 0. The maximum atomic E-state index is 11.6. The fraction of sp³-hybridized carbons (Fsp3) is 0. The second-order valence-corrected chi connectivity index (χ2v) is 4.68. The van der Waals surface area contributed by atoms with E-state index in [9.17, 15) is 19.2 Å². The summed E-state index contributed by atoms with van der Waals surface area (Å²) in [6.45, 7) is 0. The molecule has 0 aromatic heterocycles. The van der Waals surface area contributed by atoms with Gasteiger partial charge in [-0.25, -0.2) is 0 Å². The highest BCUT2D eigenvalue weighted by atomic mass is 32.2. The highest BCUT2D eigenvalue weighted by Crippen LogP contribution is 2.22. The largest absolute Gasteiger partial charge is 0.290 e. The molecule has 1 saturated heterocycles. The van der Waals surface area contributed by atoms with Gasteiger partial charge >= 0.3 is 0 Å². The fourth-order valence-electron chi connectivity index (χ4n) is 1.36. The Morgan fingerprint density at radius 3 is 2.40 bits per heavy atom. The summed E-state index contributed by atoms with van der Waals surface area (Å²) in [7, 11) is 0. The second kappa shape index (κ2) is 6.02. The average molecular weight is 291 g/mol. The highest BCUT2D eigenvalue weighted by molar-refractivity contribution is 8.18. The van der Waals surface area contributed by atoms with Crippen molar-refractivity contribution >= 4 is 34.7 Å². The van der Waals surface area contributed by atoms with Gasteiger partial charge in [0.2, 0.25) is 0 Å². The first-order valence-electron chi connectivity index (χ1n) is 5.46. The van der Waals surface area contributed by atoms with E-state index in [0.29, 0.717) is 17.3 Å². The Bertz CT molecular complexity index is 612. The minimum atomic E-state index is -0.707. The zero-order chi connectivity index (χ0) is 14.5. The molecule has 0 saturated carbocycles. The van der Waals surface area contributed by atoms with Crippen LogP contribution < -0.4 is 16.2 Å². The van der Waals surface area contributed by atoms with E-state index in [4.69, 9.17) is 0 Å².